The number of nitrogens with one attached hydrogen (secondary N) is 1. The van der Waals surface area contributed by atoms with Crippen LogP contribution in [-0.4, -0.2) is 48.2 Å². The average molecular weight is 680 g/mol. The van der Waals surface area contributed by atoms with E-state index in [2.05, 4.69) is 20.9 Å². The number of benzene rings is 3. The lowest BCUT2D eigenvalue weighted by molar-refractivity contribution is -0.105. The minimum Gasteiger partial charge on any atom is -0.497 e. The van der Waals surface area contributed by atoms with Crippen LogP contribution in [0.25, 0.3) is 0 Å². The van der Waals surface area contributed by atoms with Gasteiger partial charge in [-0.3, -0.25) is 14.3 Å². The Kier molecular flexibility index (Phi) is 10.2. The number of hydrogen-bond donors (Lipinski definition) is 1. The highest BCUT2D eigenvalue weighted by molar-refractivity contribution is 9.10. The SMILES string of the molecule is COc1ccc(C(OC2C[C@@H](n3cc(Br)c(=O)[nH]c3=O)O[C@H]2COC(=O)OCC(C)C)(c2ccccc2)c2ccccc2)cc1. The molecule has 1 fully saturated rings. The summed E-state index contributed by atoms with van der Waals surface area (Å²) in [6.45, 7) is 3.86. The number of carbonyl (C=O) groups excluding carboxylic acids is 1. The van der Waals surface area contributed by atoms with Crippen molar-refractivity contribution >= 4 is 22.1 Å². The van der Waals surface area contributed by atoms with E-state index in [0.717, 1.165) is 16.7 Å². The average Bonchev–Trinajstić information content (AvgIpc) is 3.46. The van der Waals surface area contributed by atoms with Gasteiger partial charge in [0.2, 0.25) is 0 Å². The van der Waals surface area contributed by atoms with E-state index in [1.807, 2.05) is 98.8 Å². The van der Waals surface area contributed by atoms with Gasteiger partial charge in [0.05, 0.1) is 24.3 Å². The van der Waals surface area contributed by atoms with Crippen molar-refractivity contribution in [3.8, 4) is 5.75 Å². The van der Waals surface area contributed by atoms with Crippen LogP contribution in [0.15, 0.2) is 105 Å². The van der Waals surface area contributed by atoms with Gasteiger partial charge < -0.3 is 23.7 Å². The van der Waals surface area contributed by atoms with E-state index in [0.29, 0.717) is 5.75 Å². The van der Waals surface area contributed by atoms with Crippen LogP contribution in [0.4, 0.5) is 4.79 Å². The Morgan fingerprint density at radius 2 is 1.56 bits per heavy atom. The maximum atomic E-state index is 12.9. The fraction of sp³-hybridized carbons (Fsp3) is 0.324. The fourth-order valence-corrected chi connectivity index (χ4v) is 5.67. The number of H-pyrrole nitrogens is 1. The van der Waals surface area contributed by atoms with E-state index in [-0.39, 0.29) is 30.0 Å². The highest BCUT2D eigenvalue weighted by Gasteiger charge is 2.46. The first-order valence-electron chi connectivity index (χ1n) is 14.6. The molecule has 0 amide bonds. The first-order valence-corrected chi connectivity index (χ1v) is 15.4. The zero-order valence-corrected chi connectivity index (χ0v) is 26.8. The second-order valence-electron chi connectivity index (χ2n) is 11.1. The molecule has 10 nitrogen and oxygen atoms in total. The third kappa shape index (κ3) is 7.22. The Labute approximate surface area is 269 Å². The third-order valence-corrected chi connectivity index (χ3v) is 8.07. The second kappa shape index (κ2) is 14.3. The molecule has 0 bridgehead atoms. The predicted molar refractivity (Wildman–Crippen MR) is 170 cm³/mol. The van der Waals surface area contributed by atoms with Crippen LogP contribution in [0.5, 0.6) is 5.75 Å². The first-order chi connectivity index (χ1) is 21.7. The van der Waals surface area contributed by atoms with E-state index in [4.69, 9.17) is 23.7 Å². The van der Waals surface area contributed by atoms with Crippen molar-refractivity contribution in [3.05, 3.63) is 133 Å². The molecule has 236 valence electrons. The zero-order valence-electron chi connectivity index (χ0n) is 25.2. The van der Waals surface area contributed by atoms with Crippen molar-refractivity contribution in [1.29, 1.82) is 0 Å². The smallest absolute Gasteiger partial charge is 0.497 e. The highest BCUT2D eigenvalue weighted by atomic mass is 79.9. The molecule has 1 unspecified atom stereocenters. The molecule has 45 heavy (non-hydrogen) atoms. The summed E-state index contributed by atoms with van der Waals surface area (Å²) in [5.74, 6) is 0.820. The maximum Gasteiger partial charge on any atom is 0.508 e. The molecule has 0 saturated carbocycles. The van der Waals surface area contributed by atoms with Crippen molar-refractivity contribution in [2.24, 2.45) is 5.92 Å². The summed E-state index contributed by atoms with van der Waals surface area (Å²) in [5, 5.41) is 0. The molecular weight excluding hydrogens is 644 g/mol. The Bertz CT molecular complexity index is 1650. The minimum atomic E-state index is -1.15. The summed E-state index contributed by atoms with van der Waals surface area (Å²) in [6, 6.07) is 27.2. The molecule has 11 heteroatoms. The molecule has 4 aromatic rings. The van der Waals surface area contributed by atoms with Crippen molar-refractivity contribution in [2.45, 2.75) is 44.3 Å². The molecule has 1 aromatic heterocycles. The quantitative estimate of drug-likeness (QED) is 0.157. The number of aromatic amines is 1. The van der Waals surface area contributed by atoms with Crippen LogP contribution in [0, 0.1) is 5.92 Å². The maximum absolute atomic E-state index is 12.9. The number of halogens is 1. The molecule has 3 atom stereocenters. The number of nitrogens with zero attached hydrogens (tertiary/aromatic N) is 1. The molecule has 1 N–H and O–H groups in total. The van der Waals surface area contributed by atoms with Gasteiger partial charge in [0.1, 0.15) is 30.3 Å². The number of rotatable bonds is 11. The second-order valence-corrected chi connectivity index (χ2v) is 11.9. The Morgan fingerprint density at radius 1 is 0.956 bits per heavy atom. The molecular formula is C34H35BrN2O8. The summed E-state index contributed by atoms with van der Waals surface area (Å²) in [5.41, 5.74) is 0.183. The van der Waals surface area contributed by atoms with Crippen LogP contribution in [0.1, 0.15) is 43.2 Å². The van der Waals surface area contributed by atoms with Gasteiger partial charge in [0, 0.05) is 12.6 Å². The minimum absolute atomic E-state index is 0.133. The highest BCUT2D eigenvalue weighted by Crippen LogP contribution is 2.45. The number of methoxy groups -OCH3 is 1. The summed E-state index contributed by atoms with van der Waals surface area (Å²) in [6.07, 6.45) is -1.58. The zero-order chi connectivity index (χ0) is 32.0. The number of hydrogen-bond acceptors (Lipinski definition) is 8. The lowest BCUT2D eigenvalue weighted by Crippen LogP contribution is -2.41. The molecule has 2 heterocycles. The Balaban J connectivity index is 1.59. The molecule has 0 radical (unpaired) electrons. The standard InChI is InChI=1S/C34H35BrN2O8/c1-22(2)20-42-33(40)43-21-29-28(18-30(44-29)37-19-27(35)31(38)36-32(37)39)45-34(23-10-6-4-7-11-23,24-12-8-5-9-13-24)25-14-16-26(41-3)17-15-25/h4-17,19,22,28-30H,18,20-21H2,1-3H3,(H,36,38,39)/t28?,29-,30-/m0/s1. The topological polar surface area (TPSA) is 118 Å². The largest absolute Gasteiger partial charge is 0.508 e. The lowest BCUT2D eigenvalue weighted by atomic mass is 9.79. The third-order valence-electron chi connectivity index (χ3n) is 7.50. The van der Waals surface area contributed by atoms with Crippen molar-refractivity contribution in [3.63, 3.8) is 0 Å². The molecule has 5 rings (SSSR count). The van der Waals surface area contributed by atoms with Gasteiger partial charge >= 0.3 is 11.8 Å². The van der Waals surface area contributed by atoms with Crippen LogP contribution in [0.2, 0.25) is 0 Å². The van der Waals surface area contributed by atoms with Crippen molar-refractivity contribution in [1.82, 2.24) is 9.55 Å². The summed E-state index contributed by atoms with van der Waals surface area (Å²) in [7, 11) is 1.61. The molecule has 3 aromatic carbocycles. The van der Waals surface area contributed by atoms with E-state index in [1.54, 1.807) is 7.11 Å². The van der Waals surface area contributed by atoms with E-state index < -0.39 is 41.4 Å². The van der Waals surface area contributed by atoms with E-state index >= 15 is 0 Å². The van der Waals surface area contributed by atoms with Crippen molar-refractivity contribution < 1.29 is 28.5 Å². The van der Waals surface area contributed by atoms with Gasteiger partial charge in [-0.1, -0.05) is 86.6 Å². The van der Waals surface area contributed by atoms with Crippen LogP contribution in [0.3, 0.4) is 0 Å². The molecule has 1 aliphatic heterocycles. The molecule has 0 spiro atoms. The monoisotopic (exact) mass is 678 g/mol. The Morgan fingerprint density at radius 3 is 2.13 bits per heavy atom. The van der Waals surface area contributed by atoms with Crippen LogP contribution >= 0.6 is 15.9 Å². The predicted octanol–water partition coefficient (Wildman–Crippen LogP) is 5.78. The van der Waals surface area contributed by atoms with Crippen LogP contribution in [-0.2, 0) is 24.5 Å². The fourth-order valence-electron chi connectivity index (χ4n) is 5.35. The number of carbonyl (C=O) groups is 1. The number of ether oxygens (including phenoxy) is 5. The molecule has 1 aliphatic rings. The van der Waals surface area contributed by atoms with Gasteiger partial charge in [-0.2, -0.15) is 0 Å². The van der Waals surface area contributed by atoms with Gasteiger partial charge in [0.15, 0.2) is 0 Å². The normalized spacial score (nSPS) is 18.1. The van der Waals surface area contributed by atoms with Gasteiger partial charge in [0.25, 0.3) is 5.56 Å². The molecule has 0 aliphatic carbocycles. The number of aromatic nitrogens is 2. The summed E-state index contributed by atoms with van der Waals surface area (Å²) < 4.78 is 31.2. The van der Waals surface area contributed by atoms with Gasteiger partial charge in [-0.05, 0) is 50.7 Å². The van der Waals surface area contributed by atoms with E-state index in [1.165, 1.54) is 10.8 Å². The summed E-state index contributed by atoms with van der Waals surface area (Å²) >= 11 is 3.20. The van der Waals surface area contributed by atoms with Gasteiger partial charge in [-0.25, -0.2) is 9.59 Å². The molecule has 1 saturated heterocycles. The van der Waals surface area contributed by atoms with Crippen LogP contribution < -0.4 is 16.0 Å². The first kappa shape index (κ1) is 32.2. The Hall–Kier alpha value is -4.19. The lowest BCUT2D eigenvalue weighted by Gasteiger charge is -2.39. The van der Waals surface area contributed by atoms with Gasteiger partial charge in [-0.15, -0.1) is 0 Å². The summed E-state index contributed by atoms with van der Waals surface area (Å²) in [4.78, 5) is 39.7. The van der Waals surface area contributed by atoms with E-state index in [9.17, 15) is 14.4 Å². The van der Waals surface area contributed by atoms with Crippen molar-refractivity contribution in [2.75, 3.05) is 20.3 Å².